The van der Waals surface area contributed by atoms with E-state index in [-0.39, 0.29) is 4.57 Å². The van der Waals surface area contributed by atoms with Gasteiger partial charge in [-0.15, -0.1) is 10.2 Å². The zero-order valence-corrected chi connectivity index (χ0v) is 4.36. The van der Waals surface area contributed by atoms with Gasteiger partial charge in [-0.2, -0.15) is 0 Å². The Labute approximate surface area is 38.4 Å². The lowest BCUT2D eigenvalue weighted by molar-refractivity contribution is 1.00. The molecule has 0 N–H and O–H groups in total. The lowest BCUT2D eigenvalue weighted by Gasteiger charge is -1.76. The van der Waals surface area contributed by atoms with Crippen molar-refractivity contribution in [1.82, 2.24) is 0 Å². The summed E-state index contributed by atoms with van der Waals surface area (Å²) >= 11 is 3.15. The summed E-state index contributed by atoms with van der Waals surface area (Å²) in [5, 5.41) is 7.15. The van der Waals surface area contributed by atoms with Crippen molar-refractivity contribution in [2.45, 2.75) is 11.5 Å². The molecule has 0 bridgehead atoms. The Hall–Kier alpha value is 0.0800. The fourth-order valence-electron chi connectivity index (χ4n) is 0.0689. The Morgan fingerprint density at radius 1 is 1.60 bits per heavy atom. The van der Waals surface area contributed by atoms with Crippen molar-refractivity contribution in [2.75, 3.05) is 0 Å². The summed E-state index contributed by atoms with van der Waals surface area (Å²) in [5.74, 6) is 0. The molecule has 3 heteroatoms. The minimum Gasteiger partial charge on any atom is -0.146 e. The second-order valence-electron chi connectivity index (χ2n) is 1.11. The van der Waals surface area contributed by atoms with Gasteiger partial charge in [0.15, 0.2) is 0 Å². The van der Waals surface area contributed by atoms with Crippen LogP contribution in [0.1, 0.15) is 6.92 Å². The highest BCUT2D eigenvalue weighted by Gasteiger charge is 2.28. The molecular formula is C2H3BrN2. The van der Waals surface area contributed by atoms with E-state index in [4.69, 9.17) is 0 Å². The maximum absolute atomic E-state index is 3.58. The summed E-state index contributed by atoms with van der Waals surface area (Å²) < 4.78 is -0.188. The van der Waals surface area contributed by atoms with Gasteiger partial charge in [0.25, 0.3) is 0 Å². The first-order chi connectivity index (χ1) is 2.21. The van der Waals surface area contributed by atoms with Gasteiger partial charge in [-0.25, -0.2) is 0 Å². The second kappa shape index (κ2) is 0.593. The third-order valence-corrected chi connectivity index (χ3v) is 0.693. The van der Waals surface area contributed by atoms with Crippen LogP contribution in [0.3, 0.4) is 0 Å². The molecule has 0 fully saturated rings. The van der Waals surface area contributed by atoms with Gasteiger partial charge in [0.1, 0.15) is 0 Å². The van der Waals surface area contributed by atoms with Gasteiger partial charge in [0, 0.05) is 0 Å². The van der Waals surface area contributed by atoms with Crippen LogP contribution in [0.4, 0.5) is 0 Å². The molecule has 0 unspecified atom stereocenters. The first-order valence-corrected chi connectivity index (χ1v) is 2.13. The second-order valence-corrected chi connectivity index (χ2v) is 2.61. The molecule has 1 heterocycles. The van der Waals surface area contributed by atoms with E-state index in [2.05, 4.69) is 26.2 Å². The number of hydrogen-bond donors (Lipinski definition) is 0. The van der Waals surface area contributed by atoms with Crippen LogP contribution in [0.15, 0.2) is 10.2 Å². The quantitative estimate of drug-likeness (QED) is 0.355. The van der Waals surface area contributed by atoms with Gasteiger partial charge in [-0.05, 0) is 22.9 Å². The lowest BCUT2D eigenvalue weighted by Crippen LogP contribution is -1.82. The SMILES string of the molecule is CC1(Br)N=N1. The van der Waals surface area contributed by atoms with E-state index in [9.17, 15) is 0 Å². The topological polar surface area (TPSA) is 24.7 Å². The highest BCUT2D eigenvalue weighted by Crippen LogP contribution is 2.33. The molecule has 1 aliphatic heterocycles. The van der Waals surface area contributed by atoms with Crippen molar-refractivity contribution in [2.24, 2.45) is 10.2 Å². The van der Waals surface area contributed by atoms with E-state index < -0.39 is 0 Å². The number of nitrogens with zero attached hydrogens (tertiary/aromatic N) is 2. The first-order valence-electron chi connectivity index (χ1n) is 1.34. The van der Waals surface area contributed by atoms with Crippen LogP contribution < -0.4 is 0 Å². The summed E-state index contributed by atoms with van der Waals surface area (Å²) in [7, 11) is 0. The summed E-state index contributed by atoms with van der Waals surface area (Å²) in [4.78, 5) is 0. The van der Waals surface area contributed by atoms with Crippen molar-refractivity contribution in [3.63, 3.8) is 0 Å². The smallest absolute Gasteiger partial charge is 0.146 e. The molecule has 0 aliphatic carbocycles. The Morgan fingerprint density at radius 3 is 1.80 bits per heavy atom. The van der Waals surface area contributed by atoms with Gasteiger partial charge in [0.2, 0.25) is 4.57 Å². The third kappa shape index (κ3) is 0.684. The minimum absolute atomic E-state index is 0.188. The molecule has 0 radical (unpaired) electrons. The predicted molar refractivity (Wildman–Crippen MR) is 22.2 cm³/mol. The van der Waals surface area contributed by atoms with Crippen molar-refractivity contribution >= 4 is 15.9 Å². The van der Waals surface area contributed by atoms with Crippen molar-refractivity contribution in [1.29, 1.82) is 0 Å². The molecule has 28 valence electrons. The van der Waals surface area contributed by atoms with Gasteiger partial charge in [-0.1, -0.05) is 0 Å². The minimum atomic E-state index is -0.188. The monoisotopic (exact) mass is 134 g/mol. The van der Waals surface area contributed by atoms with E-state index >= 15 is 0 Å². The van der Waals surface area contributed by atoms with Crippen molar-refractivity contribution in [3.8, 4) is 0 Å². The molecule has 0 saturated carbocycles. The number of halogens is 1. The van der Waals surface area contributed by atoms with E-state index in [1.165, 1.54) is 0 Å². The average molecular weight is 135 g/mol. The van der Waals surface area contributed by atoms with Gasteiger partial charge < -0.3 is 0 Å². The molecular weight excluding hydrogens is 132 g/mol. The predicted octanol–water partition coefficient (Wildman–Crippen LogP) is 1.52. The zero-order valence-electron chi connectivity index (χ0n) is 2.77. The molecule has 0 aromatic carbocycles. The number of rotatable bonds is 0. The van der Waals surface area contributed by atoms with E-state index in [0.29, 0.717) is 0 Å². The van der Waals surface area contributed by atoms with Crippen LogP contribution in [0.2, 0.25) is 0 Å². The third-order valence-electron chi connectivity index (χ3n) is 0.376. The van der Waals surface area contributed by atoms with Crippen molar-refractivity contribution in [3.05, 3.63) is 0 Å². The largest absolute Gasteiger partial charge is 0.241 e. The fourth-order valence-corrected chi connectivity index (χ4v) is 0.148. The molecule has 0 amide bonds. The molecule has 2 nitrogen and oxygen atoms in total. The molecule has 0 atom stereocenters. The molecule has 1 rings (SSSR count). The van der Waals surface area contributed by atoms with Crippen LogP contribution in [-0.2, 0) is 0 Å². The highest BCUT2D eigenvalue weighted by molar-refractivity contribution is 9.10. The van der Waals surface area contributed by atoms with Gasteiger partial charge in [-0.3, -0.25) is 0 Å². The Morgan fingerprint density at radius 2 is 1.80 bits per heavy atom. The Kier molecular flexibility index (Phi) is 0.389. The maximum atomic E-state index is 3.58. The highest BCUT2D eigenvalue weighted by atomic mass is 79.9. The standard InChI is InChI=1S/C2H3BrN2/c1-2(3)4-5-2/h1H3. The van der Waals surface area contributed by atoms with Gasteiger partial charge >= 0.3 is 0 Å². The Balaban J connectivity index is 2.47. The van der Waals surface area contributed by atoms with Crippen LogP contribution in [0, 0.1) is 0 Å². The molecule has 0 saturated heterocycles. The molecule has 5 heavy (non-hydrogen) atoms. The van der Waals surface area contributed by atoms with Crippen LogP contribution in [-0.4, -0.2) is 4.57 Å². The summed E-state index contributed by atoms with van der Waals surface area (Å²) in [5.41, 5.74) is 0. The number of alkyl halides is 1. The van der Waals surface area contributed by atoms with Crippen LogP contribution in [0.5, 0.6) is 0 Å². The molecule has 0 aromatic rings. The lowest BCUT2D eigenvalue weighted by atomic mass is 10.7. The normalized spacial score (nSPS) is 26.8. The number of hydrogen-bond acceptors (Lipinski definition) is 2. The zero-order chi connectivity index (χ0) is 3.91. The summed E-state index contributed by atoms with van der Waals surface area (Å²) in [6.45, 7) is 1.88. The van der Waals surface area contributed by atoms with E-state index in [1.807, 2.05) is 6.92 Å². The maximum Gasteiger partial charge on any atom is 0.241 e. The van der Waals surface area contributed by atoms with Crippen molar-refractivity contribution < 1.29 is 0 Å². The van der Waals surface area contributed by atoms with E-state index in [1.54, 1.807) is 0 Å². The van der Waals surface area contributed by atoms with E-state index in [0.717, 1.165) is 0 Å². The fraction of sp³-hybridized carbons (Fsp3) is 1.00. The van der Waals surface area contributed by atoms with Crippen LogP contribution in [0.25, 0.3) is 0 Å². The van der Waals surface area contributed by atoms with Crippen LogP contribution >= 0.6 is 15.9 Å². The first kappa shape index (κ1) is 3.28. The molecule has 0 spiro atoms. The average Bonchev–Trinajstić information content (AvgIpc) is 1.76. The Bertz CT molecular complexity index is 67.7. The molecule has 0 aromatic heterocycles. The summed E-state index contributed by atoms with van der Waals surface area (Å²) in [6, 6.07) is 0. The van der Waals surface area contributed by atoms with Gasteiger partial charge in [0.05, 0.1) is 0 Å². The summed E-state index contributed by atoms with van der Waals surface area (Å²) in [6.07, 6.45) is 0. The molecule has 1 aliphatic rings.